The van der Waals surface area contributed by atoms with Crippen molar-refractivity contribution in [3.63, 3.8) is 0 Å². The van der Waals surface area contributed by atoms with E-state index >= 15 is 0 Å². The van der Waals surface area contributed by atoms with E-state index in [1.54, 1.807) is 0 Å². The first-order chi connectivity index (χ1) is 7.27. The summed E-state index contributed by atoms with van der Waals surface area (Å²) in [5, 5.41) is 0. The fourth-order valence-corrected chi connectivity index (χ4v) is 2.59. The molecule has 0 amide bonds. The van der Waals surface area contributed by atoms with Gasteiger partial charge in [-0.3, -0.25) is 0 Å². The van der Waals surface area contributed by atoms with Gasteiger partial charge in [0, 0.05) is 12.1 Å². The molecular formula is C13H28N2. The Morgan fingerprint density at radius 3 is 2.20 bits per heavy atom. The van der Waals surface area contributed by atoms with E-state index in [4.69, 9.17) is 5.73 Å². The SMILES string of the molecule is CCCCN(CCC)C1CCC(N)CC1. The van der Waals surface area contributed by atoms with Gasteiger partial charge >= 0.3 is 0 Å². The van der Waals surface area contributed by atoms with Gasteiger partial charge in [-0.2, -0.15) is 0 Å². The minimum Gasteiger partial charge on any atom is -0.328 e. The van der Waals surface area contributed by atoms with Crippen LogP contribution in [0.1, 0.15) is 58.8 Å². The zero-order chi connectivity index (χ0) is 11.1. The van der Waals surface area contributed by atoms with Crippen molar-refractivity contribution in [2.45, 2.75) is 70.9 Å². The molecule has 15 heavy (non-hydrogen) atoms. The number of hydrogen-bond acceptors (Lipinski definition) is 2. The fourth-order valence-electron chi connectivity index (χ4n) is 2.59. The van der Waals surface area contributed by atoms with Crippen LogP contribution in [0.15, 0.2) is 0 Å². The molecule has 0 aliphatic heterocycles. The molecular weight excluding hydrogens is 184 g/mol. The first-order valence-corrected chi connectivity index (χ1v) is 6.77. The molecule has 1 aliphatic carbocycles. The first-order valence-electron chi connectivity index (χ1n) is 6.77. The van der Waals surface area contributed by atoms with Crippen LogP contribution in [0.3, 0.4) is 0 Å². The van der Waals surface area contributed by atoms with Crippen LogP contribution in [0.25, 0.3) is 0 Å². The van der Waals surface area contributed by atoms with Gasteiger partial charge in [-0.1, -0.05) is 20.3 Å². The van der Waals surface area contributed by atoms with E-state index in [0.717, 1.165) is 6.04 Å². The van der Waals surface area contributed by atoms with Gasteiger partial charge in [0.25, 0.3) is 0 Å². The van der Waals surface area contributed by atoms with Gasteiger partial charge in [-0.05, 0) is 51.6 Å². The molecule has 0 radical (unpaired) electrons. The predicted octanol–water partition coefficient (Wildman–Crippen LogP) is 2.77. The average Bonchev–Trinajstić information content (AvgIpc) is 2.25. The molecule has 2 nitrogen and oxygen atoms in total. The molecule has 0 spiro atoms. The highest BCUT2D eigenvalue weighted by Crippen LogP contribution is 2.22. The van der Waals surface area contributed by atoms with Gasteiger partial charge in [0.15, 0.2) is 0 Å². The zero-order valence-electron chi connectivity index (χ0n) is 10.5. The smallest absolute Gasteiger partial charge is 0.00964 e. The molecule has 0 atom stereocenters. The van der Waals surface area contributed by atoms with Gasteiger partial charge in [0.05, 0.1) is 0 Å². The molecule has 2 N–H and O–H groups in total. The van der Waals surface area contributed by atoms with Gasteiger partial charge in [-0.15, -0.1) is 0 Å². The van der Waals surface area contributed by atoms with Crippen LogP contribution >= 0.6 is 0 Å². The van der Waals surface area contributed by atoms with Gasteiger partial charge in [0.1, 0.15) is 0 Å². The first kappa shape index (κ1) is 13.0. The van der Waals surface area contributed by atoms with Crippen LogP contribution in [0.5, 0.6) is 0 Å². The molecule has 0 aromatic carbocycles. The molecule has 0 aromatic heterocycles. The lowest BCUT2D eigenvalue weighted by molar-refractivity contribution is 0.147. The number of nitrogens with zero attached hydrogens (tertiary/aromatic N) is 1. The summed E-state index contributed by atoms with van der Waals surface area (Å²) in [4.78, 5) is 2.70. The second kappa shape index (κ2) is 7.24. The maximum atomic E-state index is 5.95. The normalized spacial score (nSPS) is 27.2. The summed E-state index contributed by atoms with van der Waals surface area (Å²) in [6.07, 6.45) is 9.06. The largest absolute Gasteiger partial charge is 0.328 e. The summed E-state index contributed by atoms with van der Waals surface area (Å²) < 4.78 is 0. The maximum absolute atomic E-state index is 5.95. The summed E-state index contributed by atoms with van der Waals surface area (Å²) in [5.41, 5.74) is 5.95. The Bertz CT molecular complexity index is 151. The summed E-state index contributed by atoms with van der Waals surface area (Å²) in [6, 6.07) is 1.31. The highest BCUT2D eigenvalue weighted by atomic mass is 15.1. The van der Waals surface area contributed by atoms with Crippen molar-refractivity contribution >= 4 is 0 Å². The fraction of sp³-hybridized carbons (Fsp3) is 1.00. The third-order valence-electron chi connectivity index (χ3n) is 3.57. The minimum atomic E-state index is 0.482. The van der Waals surface area contributed by atoms with Crippen LogP contribution in [-0.4, -0.2) is 30.1 Å². The summed E-state index contributed by atoms with van der Waals surface area (Å²) >= 11 is 0. The number of nitrogens with two attached hydrogens (primary N) is 1. The maximum Gasteiger partial charge on any atom is 0.00964 e. The second-order valence-electron chi connectivity index (χ2n) is 4.96. The number of hydrogen-bond donors (Lipinski definition) is 1. The molecule has 1 aliphatic rings. The van der Waals surface area contributed by atoms with Crippen LogP contribution in [0.4, 0.5) is 0 Å². The van der Waals surface area contributed by atoms with Crippen molar-refractivity contribution in [1.82, 2.24) is 4.90 Å². The van der Waals surface area contributed by atoms with Crippen LogP contribution < -0.4 is 5.73 Å². The molecule has 1 saturated carbocycles. The predicted molar refractivity (Wildman–Crippen MR) is 67.0 cm³/mol. The third-order valence-corrected chi connectivity index (χ3v) is 3.57. The Kier molecular flexibility index (Phi) is 6.26. The summed E-state index contributed by atoms with van der Waals surface area (Å²) in [6.45, 7) is 7.14. The average molecular weight is 212 g/mol. The van der Waals surface area contributed by atoms with Crippen molar-refractivity contribution in [1.29, 1.82) is 0 Å². The molecule has 0 heterocycles. The quantitative estimate of drug-likeness (QED) is 0.733. The molecule has 1 fully saturated rings. The molecule has 0 saturated heterocycles. The Balaban J connectivity index is 2.33. The Labute approximate surface area is 95.2 Å². The van der Waals surface area contributed by atoms with Gasteiger partial charge in [0.2, 0.25) is 0 Å². The van der Waals surface area contributed by atoms with Crippen LogP contribution in [-0.2, 0) is 0 Å². The van der Waals surface area contributed by atoms with E-state index in [-0.39, 0.29) is 0 Å². The highest BCUT2D eigenvalue weighted by Gasteiger charge is 2.23. The van der Waals surface area contributed by atoms with E-state index in [1.165, 1.54) is 58.0 Å². The zero-order valence-corrected chi connectivity index (χ0v) is 10.5. The topological polar surface area (TPSA) is 29.3 Å². The van der Waals surface area contributed by atoms with Crippen molar-refractivity contribution in [2.24, 2.45) is 5.73 Å². The Morgan fingerprint density at radius 2 is 1.67 bits per heavy atom. The number of unbranched alkanes of at least 4 members (excludes halogenated alkanes) is 1. The minimum absolute atomic E-state index is 0.482. The molecule has 0 unspecified atom stereocenters. The lowest BCUT2D eigenvalue weighted by atomic mass is 9.90. The second-order valence-corrected chi connectivity index (χ2v) is 4.96. The van der Waals surface area contributed by atoms with E-state index in [9.17, 15) is 0 Å². The van der Waals surface area contributed by atoms with Gasteiger partial charge < -0.3 is 10.6 Å². The molecule has 0 bridgehead atoms. The lowest BCUT2D eigenvalue weighted by Gasteiger charge is -2.36. The van der Waals surface area contributed by atoms with Crippen LogP contribution in [0.2, 0.25) is 0 Å². The third kappa shape index (κ3) is 4.52. The van der Waals surface area contributed by atoms with E-state index in [1.807, 2.05) is 0 Å². The van der Waals surface area contributed by atoms with Gasteiger partial charge in [-0.25, -0.2) is 0 Å². The van der Waals surface area contributed by atoms with E-state index in [0.29, 0.717) is 6.04 Å². The Morgan fingerprint density at radius 1 is 1.00 bits per heavy atom. The van der Waals surface area contributed by atoms with E-state index < -0.39 is 0 Å². The molecule has 0 aromatic rings. The monoisotopic (exact) mass is 212 g/mol. The molecule has 2 heteroatoms. The molecule has 90 valence electrons. The number of rotatable bonds is 6. The van der Waals surface area contributed by atoms with Crippen LogP contribution in [0, 0.1) is 0 Å². The van der Waals surface area contributed by atoms with Crippen molar-refractivity contribution in [3.05, 3.63) is 0 Å². The Hall–Kier alpha value is -0.0800. The van der Waals surface area contributed by atoms with Crippen molar-refractivity contribution < 1.29 is 0 Å². The highest BCUT2D eigenvalue weighted by molar-refractivity contribution is 4.80. The standard InChI is InChI=1S/C13H28N2/c1-3-5-11-15(10-4-2)13-8-6-12(14)7-9-13/h12-13H,3-11,14H2,1-2H3. The summed E-state index contributed by atoms with van der Waals surface area (Å²) in [5.74, 6) is 0. The van der Waals surface area contributed by atoms with E-state index in [2.05, 4.69) is 18.7 Å². The molecule has 1 rings (SSSR count). The summed E-state index contributed by atoms with van der Waals surface area (Å²) in [7, 11) is 0. The lowest BCUT2D eigenvalue weighted by Crippen LogP contribution is -2.41. The van der Waals surface area contributed by atoms with Crippen molar-refractivity contribution in [3.8, 4) is 0 Å². The van der Waals surface area contributed by atoms with Crippen molar-refractivity contribution in [2.75, 3.05) is 13.1 Å².